The van der Waals surface area contributed by atoms with Crippen LogP contribution in [0.3, 0.4) is 0 Å². The average Bonchev–Trinajstić information content (AvgIpc) is 2.47. The Morgan fingerprint density at radius 2 is 2.14 bits per heavy atom. The summed E-state index contributed by atoms with van der Waals surface area (Å²) in [4.78, 5) is 13.6. The van der Waals surface area contributed by atoms with Gasteiger partial charge in [-0.25, -0.2) is 0 Å². The van der Waals surface area contributed by atoms with Crippen LogP contribution < -0.4 is 4.74 Å². The zero-order valence-corrected chi connectivity index (χ0v) is 12.6. The summed E-state index contributed by atoms with van der Waals surface area (Å²) < 4.78 is 11.0. The Hall–Kier alpha value is -1.59. The van der Waals surface area contributed by atoms with Gasteiger partial charge in [-0.05, 0) is 26.0 Å². The molecule has 21 heavy (non-hydrogen) atoms. The molecule has 116 valence electrons. The van der Waals surface area contributed by atoms with Crippen molar-refractivity contribution in [1.82, 2.24) is 4.90 Å². The molecule has 1 saturated heterocycles. The molecule has 0 aliphatic carbocycles. The van der Waals surface area contributed by atoms with Crippen molar-refractivity contribution < 1.29 is 19.4 Å². The number of rotatable bonds is 5. The van der Waals surface area contributed by atoms with Crippen LogP contribution in [0.2, 0.25) is 0 Å². The summed E-state index contributed by atoms with van der Waals surface area (Å²) in [5, 5.41) is 10.6. The minimum atomic E-state index is -1.07. The van der Waals surface area contributed by atoms with Gasteiger partial charge in [0.25, 0.3) is 0 Å². The van der Waals surface area contributed by atoms with E-state index in [1.165, 1.54) is 0 Å². The van der Waals surface area contributed by atoms with Crippen LogP contribution in [-0.4, -0.2) is 53.9 Å². The summed E-state index contributed by atoms with van der Waals surface area (Å²) in [6.45, 7) is 4.96. The molecule has 0 saturated carbocycles. The van der Waals surface area contributed by atoms with Crippen molar-refractivity contribution in [1.29, 1.82) is 0 Å². The number of likely N-dealkylation sites (tertiary alicyclic amines) is 1. The van der Waals surface area contributed by atoms with E-state index >= 15 is 0 Å². The number of nitrogens with zero attached hydrogens (tertiary/aromatic N) is 1. The van der Waals surface area contributed by atoms with Crippen LogP contribution in [-0.2, 0) is 9.53 Å². The number of aliphatic hydroxyl groups is 1. The predicted octanol–water partition coefficient (Wildman–Crippen LogP) is 1.45. The summed E-state index contributed by atoms with van der Waals surface area (Å²) in [5.74, 6) is 0.646. The maximum atomic E-state index is 12.0. The van der Waals surface area contributed by atoms with Crippen molar-refractivity contribution in [3.05, 3.63) is 30.3 Å². The van der Waals surface area contributed by atoms with Gasteiger partial charge in [0.2, 0.25) is 5.91 Å². The standard InChI is InChI=1S/C16H23NO4/c1-3-20-11-15(18)17-10-9-14(16(2,19)12-17)21-13-7-5-4-6-8-13/h4-8,14,19H,3,9-12H2,1-2H3/t14-,16-/m0/s1. The van der Waals surface area contributed by atoms with Crippen LogP contribution in [0.4, 0.5) is 0 Å². The largest absolute Gasteiger partial charge is 0.487 e. The fourth-order valence-electron chi connectivity index (χ4n) is 2.49. The molecule has 1 aromatic rings. The van der Waals surface area contributed by atoms with Gasteiger partial charge in [-0.15, -0.1) is 0 Å². The van der Waals surface area contributed by atoms with E-state index in [0.717, 1.165) is 5.75 Å². The quantitative estimate of drug-likeness (QED) is 0.893. The van der Waals surface area contributed by atoms with E-state index in [1.807, 2.05) is 37.3 Å². The first-order valence-corrected chi connectivity index (χ1v) is 7.32. The summed E-state index contributed by atoms with van der Waals surface area (Å²) in [6, 6.07) is 9.43. The molecule has 5 nitrogen and oxygen atoms in total. The van der Waals surface area contributed by atoms with E-state index in [9.17, 15) is 9.90 Å². The molecule has 1 heterocycles. The molecule has 0 aromatic heterocycles. The van der Waals surface area contributed by atoms with Gasteiger partial charge in [-0.1, -0.05) is 18.2 Å². The molecule has 0 bridgehead atoms. The number of hydrogen-bond acceptors (Lipinski definition) is 4. The molecule has 0 unspecified atom stereocenters. The van der Waals surface area contributed by atoms with Gasteiger partial charge in [0.05, 0.1) is 6.54 Å². The molecule has 1 aliphatic heterocycles. The average molecular weight is 293 g/mol. The zero-order chi connectivity index (χ0) is 15.3. The van der Waals surface area contributed by atoms with Crippen LogP contribution in [0.1, 0.15) is 20.3 Å². The first-order valence-electron chi connectivity index (χ1n) is 7.32. The van der Waals surface area contributed by atoms with Gasteiger partial charge in [0.1, 0.15) is 24.1 Å². The number of β-amino-alcohol motifs (C(OH)–C–C–N with tert-alkyl or cyclic N) is 1. The van der Waals surface area contributed by atoms with Crippen molar-refractivity contribution in [2.45, 2.75) is 32.0 Å². The zero-order valence-electron chi connectivity index (χ0n) is 12.6. The first-order chi connectivity index (χ1) is 10.0. The molecule has 1 fully saturated rings. The molecule has 0 radical (unpaired) electrons. The van der Waals surface area contributed by atoms with Crippen molar-refractivity contribution in [2.75, 3.05) is 26.3 Å². The van der Waals surface area contributed by atoms with Gasteiger partial charge in [-0.2, -0.15) is 0 Å². The smallest absolute Gasteiger partial charge is 0.248 e. The van der Waals surface area contributed by atoms with Gasteiger partial charge in [-0.3, -0.25) is 4.79 Å². The number of carbonyl (C=O) groups is 1. The van der Waals surface area contributed by atoms with E-state index in [0.29, 0.717) is 19.6 Å². The molecule has 0 spiro atoms. The topological polar surface area (TPSA) is 59.0 Å². The van der Waals surface area contributed by atoms with Crippen LogP contribution >= 0.6 is 0 Å². The lowest BCUT2D eigenvalue weighted by atomic mass is 9.91. The number of benzene rings is 1. The Bertz CT molecular complexity index is 461. The Balaban J connectivity index is 1.95. The fraction of sp³-hybridized carbons (Fsp3) is 0.562. The second kappa shape index (κ2) is 6.91. The van der Waals surface area contributed by atoms with Crippen LogP contribution in [0, 0.1) is 0 Å². The molecule has 1 aromatic carbocycles. The maximum absolute atomic E-state index is 12.0. The number of piperidine rings is 1. The van der Waals surface area contributed by atoms with Gasteiger partial charge in [0.15, 0.2) is 0 Å². The first kappa shape index (κ1) is 15.8. The number of hydrogen-bond donors (Lipinski definition) is 1. The van der Waals surface area contributed by atoms with Crippen molar-refractivity contribution in [3.8, 4) is 5.75 Å². The number of amides is 1. The van der Waals surface area contributed by atoms with Gasteiger partial charge < -0.3 is 19.5 Å². The number of ether oxygens (including phenoxy) is 2. The summed E-state index contributed by atoms with van der Waals surface area (Å²) in [6.07, 6.45) is 0.274. The molecule has 1 N–H and O–H groups in total. The van der Waals surface area contributed by atoms with E-state index in [1.54, 1.807) is 11.8 Å². The summed E-state index contributed by atoms with van der Waals surface area (Å²) in [5.41, 5.74) is -1.07. The SMILES string of the molecule is CCOCC(=O)N1CC[C@H](Oc2ccccc2)[C@@](C)(O)C1. The van der Waals surface area contributed by atoms with Gasteiger partial charge >= 0.3 is 0 Å². The van der Waals surface area contributed by atoms with Crippen molar-refractivity contribution in [3.63, 3.8) is 0 Å². The highest BCUT2D eigenvalue weighted by Crippen LogP contribution is 2.26. The third-order valence-electron chi connectivity index (χ3n) is 3.67. The van der Waals surface area contributed by atoms with Crippen molar-refractivity contribution in [2.24, 2.45) is 0 Å². The van der Waals surface area contributed by atoms with E-state index in [2.05, 4.69) is 0 Å². The third-order valence-corrected chi connectivity index (χ3v) is 3.67. The summed E-state index contributed by atoms with van der Waals surface area (Å²) in [7, 11) is 0. The monoisotopic (exact) mass is 293 g/mol. The van der Waals surface area contributed by atoms with Crippen LogP contribution in [0.25, 0.3) is 0 Å². The second-order valence-electron chi connectivity index (χ2n) is 5.52. The minimum absolute atomic E-state index is 0.0663. The fourth-order valence-corrected chi connectivity index (χ4v) is 2.49. The van der Waals surface area contributed by atoms with Crippen LogP contribution in [0.15, 0.2) is 30.3 Å². The highest BCUT2D eigenvalue weighted by atomic mass is 16.5. The third kappa shape index (κ3) is 4.19. The highest BCUT2D eigenvalue weighted by Gasteiger charge is 2.41. The molecular formula is C16H23NO4. The van der Waals surface area contributed by atoms with E-state index in [-0.39, 0.29) is 25.2 Å². The highest BCUT2D eigenvalue weighted by molar-refractivity contribution is 5.77. The lowest BCUT2D eigenvalue weighted by Gasteiger charge is -2.42. The normalized spacial score (nSPS) is 25.7. The summed E-state index contributed by atoms with van der Waals surface area (Å²) >= 11 is 0. The molecule has 1 amide bonds. The van der Waals surface area contributed by atoms with Gasteiger partial charge in [0, 0.05) is 19.6 Å². The Kier molecular flexibility index (Phi) is 5.20. The maximum Gasteiger partial charge on any atom is 0.248 e. The second-order valence-corrected chi connectivity index (χ2v) is 5.52. The number of para-hydroxylation sites is 1. The molecule has 2 rings (SSSR count). The lowest BCUT2D eigenvalue weighted by molar-refractivity contribution is -0.150. The molecule has 2 atom stereocenters. The molecule has 5 heteroatoms. The Labute approximate surface area is 125 Å². The van der Waals surface area contributed by atoms with Crippen LogP contribution in [0.5, 0.6) is 5.75 Å². The Morgan fingerprint density at radius 3 is 2.76 bits per heavy atom. The minimum Gasteiger partial charge on any atom is -0.487 e. The van der Waals surface area contributed by atoms with E-state index < -0.39 is 5.60 Å². The van der Waals surface area contributed by atoms with Crippen molar-refractivity contribution >= 4 is 5.91 Å². The molecular weight excluding hydrogens is 270 g/mol. The lowest BCUT2D eigenvalue weighted by Crippen LogP contribution is -2.58. The number of carbonyl (C=O) groups excluding carboxylic acids is 1. The molecule has 1 aliphatic rings. The van der Waals surface area contributed by atoms with E-state index in [4.69, 9.17) is 9.47 Å². The Morgan fingerprint density at radius 1 is 1.43 bits per heavy atom. The predicted molar refractivity (Wildman–Crippen MR) is 79.2 cm³/mol.